The zero-order chi connectivity index (χ0) is 12.3. The van der Waals surface area contributed by atoms with Crippen molar-refractivity contribution in [1.82, 2.24) is 10.2 Å². The first-order chi connectivity index (χ1) is 8.19. The summed E-state index contributed by atoms with van der Waals surface area (Å²) in [6.07, 6.45) is 0.638. The highest BCUT2D eigenvalue weighted by Crippen LogP contribution is 2.13. The van der Waals surface area contributed by atoms with E-state index in [0.717, 1.165) is 0 Å². The summed E-state index contributed by atoms with van der Waals surface area (Å²) in [4.78, 5) is 0.418. The lowest BCUT2D eigenvalue weighted by Crippen LogP contribution is -1.97. The second kappa shape index (κ2) is 5.18. The molecular weight excluding hydrogens is 243 g/mol. The number of nitrogens with zero attached hydrogens (tertiary/aromatic N) is 2. The van der Waals surface area contributed by atoms with E-state index in [1.54, 1.807) is 6.07 Å². The van der Waals surface area contributed by atoms with Gasteiger partial charge in [-0.1, -0.05) is 13.0 Å². The molecule has 0 amide bonds. The lowest BCUT2D eigenvalue weighted by molar-refractivity contribution is 0.468. The van der Waals surface area contributed by atoms with E-state index >= 15 is 0 Å². The van der Waals surface area contributed by atoms with Crippen molar-refractivity contribution in [3.63, 3.8) is 0 Å². The molecule has 1 aromatic carbocycles. The number of aromatic nitrogens is 2. The average molecular weight is 254 g/mol. The van der Waals surface area contributed by atoms with Gasteiger partial charge in [-0.15, -0.1) is 10.2 Å². The first-order valence-corrected chi connectivity index (χ1v) is 6.46. The van der Waals surface area contributed by atoms with E-state index in [0.29, 0.717) is 23.1 Å². The van der Waals surface area contributed by atoms with Crippen LogP contribution in [0.25, 0.3) is 0 Å². The molecule has 0 aliphatic heterocycles. The van der Waals surface area contributed by atoms with Crippen LogP contribution >= 0.6 is 0 Å². The van der Waals surface area contributed by atoms with Gasteiger partial charge in [-0.2, -0.15) is 0 Å². The van der Waals surface area contributed by atoms with Crippen molar-refractivity contribution >= 4 is 10.8 Å². The van der Waals surface area contributed by atoms with Crippen molar-refractivity contribution in [3.05, 3.63) is 41.9 Å². The molecule has 0 aliphatic carbocycles. The quantitative estimate of drug-likeness (QED) is 0.838. The molecule has 0 saturated heterocycles. The van der Waals surface area contributed by atoms with Crippen molar-refractivity contribution in [1.29, 1.82) is 0 Å². The molecule has 0 saturated carbocycles. The Morgan fingerprint density at radius 1 is 1.35 bits per heavy atom. The van der Waals surface area contributed by atoms with Gasteiger partial charge in [0.1, 0.15) is 11.6 Å². The van der Waals surface area contributed by atoms with Gasteiger partial charge in [0.2, 0.25) is 11.8 Å². The molecule has 0 radical (unpaired) electrons. The molecule has 0 bridgehead atoms. The molecular formula is C11H11FN2O2S. The highest BCUT2D eigenvalue weighted by molar-refractivity contribution is 7.84. The van der Waals surface area contributed by atoms with Gasteiger partial charge < -0.3 is 4.42 Å². The monoisotopic (exact) mass is 254 g/mol. The van der Waals surface area contributed by atoms with Crippen molar-refractivity contribution < 1.29 is 13.0 Å². The molecule has 0 spiro atoms. The zero-order valence-electron chi connectivity index (χ0n) is 9.22. The number of hydrogen-bond acceptors (Lipinski definition) is 4. The standard InChI is InChI=1S/C11H11FN2O2S/c1-2-10-13-14-11(16-10)7-17(15)9-5-3-4-8(12)6-9/h3-6H,2,7H2,1H3. The zero-order valence-corrected chi connectivity index (χ0v) is 10.0. The van der Waals surface area contributed by atoms with Crippen LogP contribution in [0.4, 0.5) is 4.39 Å². The van der Waals surface area contributed by atoms with Crippen LogP contribution in [0, 0.1) is 5.82 Å². The maximum absolute atomic E-state index is 12.9. The second-order valence-corrected chi connectivity index (χ2v) is 4.84. The summed E-state index contributed by atoms with van der Waals surface area (Å²) in [7, 11) is -1.37. The topological polar surface area (TPSA) is 56.0 Å². The van der Waals surface area contributed by atoms with Crippen molar-refractivity contribution in [2.24, 2.45) is 0 Å². The minimum Gasteiger partial charge on any atom is -0.424 e. The van der Waals surface area contributed by atoms with Gasteiger partial charge >= 0.3 is 0 Å². The van der Waals surface area contributed by atoms with E-state index in [2.05, 4.69) is 10.2 Å². The van der Waals surface area contributed by atoms with Crippen LogP contribution in [0.1, 0.15) is 18.7 Å². The number of aryl methyl sites for hydroxylation is 1. The Kier molecular flexibility index (Phi) is 3.63. The number of benzene rings is 1. The predicted molar refractivity (Wildman–Crippen MR) is 60.2 cm³/mol. The van der Waals surface area contributed by atoms with Gasteiger partial charge in [-0.05, 0) is 18.2 Å². The van der Waals surface area contributed by atoms with E-state index in [1.807, 2.05) is 6.92 Å². The summed E-state index contributed by atoms with van der Waals surface area (Å²) in [6.45, 7) is 1.89. The third-order valence-electron chi connectivity index (χ3n) is 2.12. The third kappa shape index (κ3) is 2.97. The summed E-state index contributed by atoms with van der Waals surface area (Å²) in [6, 6.07) is 5.68. The smallest absolute Gasteiger partial charge is 0.229 e. The second-order valence-electron chi connectivity index (χ2n) is 3.39. The van der Waals surface area contributed by atoms with Crippen LogP contribution in [-0.2, 0) is 23.0 Å². The SMILES string of the molecule is CCc1nnc(CS(=O)c2cccc(F)c2)o1. The summed E-state index contributed by atoms with van der Waals surface area (Å²) >= 11 is 0. The van der Waals surface area contributed by atoms with Gasteiger partial charge in [-0.25, -0.2) is 4.39 Å². The van der Waals surface area contributed by atoms with Crippen LogP contribution in [0.2, 0.25) is 0 Å². The molecule has 1 atom stereocenters. The summed E-state index contributed by atoms with van der Waals surface area (Å²) in [5.41, 5.74) is 0. The van der Waals surface area contributed by atoms with Gasteiger partial charge in [0, 0.05) is 11.3 Å². The van der Waals surface area contributed by atoms with Gasteiger partial charge in [0.25, 0.3) is 0 Å². The summed E-state index contributed by atoms with van der Waals surface area (Å²) in [5, 5.41) is 7.55. The lowest BCUT2D eigenvalue weighted by atomic mass is 10.4. The molecule has 1 unspecified atom stereocenters. The van der Waals surface area contributed by atoms with Crippen LogP contribution in [0.5, 0.6) is 0 Å². The van der Waals surface area contributed by atoms with Crippen LogP contribution in [-0.4, -0.2) is 14.4 Å². The van der Waals surface area contributed by atoms with E-state index in [1.165, 1.54) is 18.2 Å². The molecule has 6 heteroatoms. The summed E-state index contributed by atoms with van der Waals surface area (Å²) < 4.78 is 30.1. The molecule has 1 aromatic heterocycles. The average Bonchev–Trinajstić information content (AvgIpc) is 2.77. The Morgan fingerprint density at radius 2 is 2.12 bits per heavy atom. The molecule has 0 fully saturated rings. The largest absolute Gasteiger partial charge is 0.424 e. The minimum atomic E-state index is -1.37. The maximum atomic E-state index is 12.9. The third-order valence-corrected chi connectivity index (χ3v) is 3.41. The number of hydrogen-bond donors (Lipinski definition) is 0. The first-order valence-electron chi connectivity index (χ1n) is 5.14. The predicted octanol–water partition coefficient (Wildman–Crippen LogP) is 2.08. The molecule has 2 rings (SSSR count). The number of halogens is 1. The molecule has 1 heterocycles. The van der Waals surface area contributed by atoms with Crippen molar-refractivity contribution in [2.75, 3.05) is 0 Å². The van der Waals surface area contributed by atoms with E-state index in [-0.39, 0.29) is 5.75 Å². The molecule has 17 heavy (non-hydrogen) atoms. The number of rotatable bonds is 4. The van der Waals surface area contributed by atoms with Crippen LogP contribution < -0.4 is 0 Å². The summed E-state index contributed by atoms with van der Waals surface area (Å²) in [5.74, 6) is 0.521. The Labute approximate surface area is 100 Å². The van der Waals surface area contributed by atoms with Gasteiger partial charge in [-0.3, -0.25) is 4.21 Å². The van der Waals surface area contributed by atoms with Gasteiger partial charge in [0.05, 0.1) is 10.8 Å². The normalized spacial score (nSPS) is 12.6. The molecule has 2 aromatic rings. The molecule has 0 N–H and O–H groups in total. The van der Waals surface area contributed by atoms with Gasteiger partial charge in [0.15, 0.2) is 0 Å². The first kappa shape index (κ1) is 11.9. The molecule has 90 valence electrons. The van der Waals surface area contributed by atoms with Crippen LogP contribution in [0.3, 0.4) is 0 Å². The van der Waals surface area contributed by atoms with Crippen molar-refractivity contribution in [2.45, 2.75) is 24.0 Å². The van der Waals surface area contributed by atoms with E-state index < -0.39 is 16.6 Å². The van der Waals surface area contributed by atoms with Crippen LogP contribution in [0.15, 0.2) is 33.6 Å². The van der Waals surface area contributed by atoms with E-state index in [4.69, 9.17) is 4.42 Å². The fourth-order valence-corrected chi connectivity index (χ4v) is 2.28. The van der Waals surface area contributed by atoms with Crippen molar-refractivity contribution in [3.8, 4) is 0 Å². The Balaban J connectivity index is 2.11. The highest BCUT2D eigenvalue weighted by atomic mass is 32.2. The fourth-order valence-electron chi connectivity index (χ4n) is 1.29. The Morgan fingerprint density at radius 3 is 2.76 bits per heavy atom. The lowest BCUT2D eigenvalue weighted by Gasteiger charge is -1.98. The molecule has 4 nitrogen and oxygen atoms in total. The highest BCUT2D eigenvalue weighted by Gasteiger charge is 2.11. The maximum Gasteiger partial charge on any atom is 0.229 e. The van der Waals surface area contributed by atoms with E-state index in [9.17, 15) is 8.60 Å². The Bertz CT molecular complexity index is 542. The molecule has 0 aliphatic rings. The fraction of sp³-hybridized carbons (Fsp3) is 0.273. The minimum absolute atomic E-state index is 0.108. The Hall–Kier alpha value is -1.56.